The maximum absolute atomic E-state index is 10.7. The first kappa shape index (κ1) is 17.2. The molecule has 0 saturated carbocycles. The Morgan fingerprint density at radius 3 is 2.16 bits per heavy atom. The summed E-state index contributed by atoms with van der Waals surface area (Å²) in [6.45, 7) is 5.89. The van der Waals surface area contributed by atoms with Crippen molar-refractivity contribution in [1.29, 1.82) is 0 Å². The highest BCUT2D eigenvalue weighted by atomic mass is 16.5. The van der Waals surface area contributed by atoms with Gasteiger partial charge >= 0.3 is 0 Å². The van der Waals surface area contributed by atoms with E-state index in [9.17, 15) is 5.11 Å². The van der Waals surface area contributed by atoms with Crippen LogP contribution in [0.25, 0.3) is 11.1 Å². The van der Waals surface area contributed by atoms with E-state index in [1.807, 2.05) is 63.2 Å². The molecule has 3 rings (SSSR count). The smallest absolute Gasteiger partial charge is 0.219 e. The van der Waals surface area contributed by atoms with Crippen LogP contribution in [0.2, 0.25) is 0 Å². The Labute approximate surface area is 147 Å². The zero-order valence-corrected chi connectivity index (χ0v) is 14.7. The van der Waals surface area contributed by atoms with Gasteiger partial charge in [0.1, 0.15) is 11.9 Å². The topological polar surface area (TPSA) is 60.2 Å². The Balaban J connectivity index is 1.83. The van der Waals surface area contributed by atoms with E-state index in [4.69, 9.17) is 4.74 Å². The molecule has 1 N–H and O–H groups in total. The molecule has 2 unspecified atom stereocenters. The van der Waals surface area contributed by atoms with Crippen molar-refractivity contribution in [1.82, 2.24) is 15.0 Å². The van der Waals surface area contributed by atoms with E-state index in [0.717, 1.165) is 11.1 Å². The minimum absolute atomic E-state index is 0.361. The zero-order valence-electron chi connectivity index (χ0n) is 14.7. The summed E-state index contributed by atoms with van der Waals surface area (Å²) < 4.78 is 7.59. The lowest BCUT2D eigenvalue weighted by atomic mass is 9.88. The molecule has 0 amide bonds. The van der Waals surface area contributed by atoms with E-state index >= 15 is 0 Å². The van der Waals surface area contributed by atoms with Gasteiger partial charge in [0.05, 0.1) is 6.20 Å². The summed E-state index contributed by atoms with van der Waals surface area (Å²) in [6.07, 6.45) is 1.87. The Morgan fingerprint density at radius 1 is 0.960 bits per heavy atom. The van der Waals surface area contributed by atoms with Crippen LogP contribution in [0.3, 0.4) is 0 Å². The van der Waals surface area contributed by atoms with E-state index in [1.54, 1.807) is 17.1 Å². The lowest BCUT2D eigenvalue weighted by Crippen LogP contribution is -2.39. The van der Waals surface area contributed by atoms with Gasteiger partial charge in [-0.25, -0.2) is 4.68 Å². The lowest BCUT2D eigenvalue weighted by molar-refractivity contribution is -0.0736. The SMILES string of the molecule is CC(C)(C)C(O)C(Oc1ccc(-c2ccccc2)cc1)n1ccnn1. The summed E-state index contributed by atoms with van der Waals surface area (Å²) in [6, 6.07) is 18.0. The number of aliphatic hydroxyl groups excluding tert-OH is 1. The number of benzene rings is 2. The quantitative estimate of drug-likeness (QED) is 0.766. The molecule has 0 saturated heterocycles. The number of hydrogen-bond acceptors (Lipinski definition) is 4. The summed E-state index contributed by atoms with van der Waals surface area (Å²) >= 11 is 0. The van der Waals surface area contributed by atoms with Gasteiger partial charge in [0.15, 0.2) is 0 Å². The van der Waals surface area contributed by atoms with Gasteiger partial charge in [0.25, 0.3) is 0 Å². The van der Waals surface area contributed by atoms with Crippen molar-refractivity contribution in [2.45, 2.75) is 33.1 Å². The van der Waals surface area contributed by atoms with Crippen LogP contribution in [0.4, 0.5) is 0 Å². The maximum atomic E-state index is 10.7. The van der Waals surface area contributed by atoms with E-state index in [-0.39, 0.29) is 5.41 Å². The van der Waals surface area contributed by atoms with Crippen LogP contribution in [0.5, 0.6) is 5.75 Å². The average Bonchev–Trinajstić information content (AvgIpc) is 3.14. The molecular weight excluding hydrogens is 314 g/mol. The lowest BCUT2D eigenvalue weighted by Gasteiger charge is -2.32. The molecule has 130 valence electrons. The molecule has 0 aliphatic carbocycles. The monoisotopic (exact) mass is 337 g/mol. The van der Waals surface area contributed by atoms with Gasteiger partial charge in [-0.2, -0.15) is 0 Å². The van der Waals surface area contributed by atoms with E-state index in [1.165, 1.54) is 0 Å². The standard InChI is InChI=1S/C20H23N3O2/c1-20(2,3)18(24)19(23-14-13-21-22-23)25-17-11-9-16(10-12-17)15-7-5-4-6-8-15/h4-14,18-19,24H,1-3H3. The fourth-order valence-electron chi connectivity index (χ4n) is 2.54. The van der Waals surface area contributed by atoms with E-state index < -0.39 is 12.3 Å². The number of aromatic nitrogens is 3. The largest absolute Gasteiger partial charge is 0.466 e. The van der Waals surface area contributed by atoms with Crippen LogP contribution in [-0.2, 0) is 0 Å². The predicted octanol–water partition coefficient (Wildman–Crippen LogP) is 3.93. The Hall–Kier alpha value is -2.66. The van der Waals surface area contributed by atoms with Crippen LogP contribution in [-0.4, -0.2) is 26.2 Å². The molecule has 1 heterocycles. The van der Waals surface area contributed by atoms with Crippen LogP contribution in [0.15, 0.2) is 67.0 Å². The van der Waals surface area contributed by atoms with Crippen molar-refractivity contribution in [3.8, 4) is 16.9 Å². The Kier molecular flexibility index (Phi) is 4.86. The van der Waals surface area contributed by atoms with Crippen LogP contribution in [0.1, 0.15) is 27.0 Å². The number of rotatable bonds is 5. The average molecular weight is 337 g/mol. The highest BCUT2D eigenvalue weighted by Crippen LogP contribution is 2.31. The predicted molar refractivity (Wildman–Crippen MR) is 97.0 cm³/mol. The summed E-state index contributed by atoms with van der Waals surface area (Å²) in [4.78, 5) is 0. The minimum atomic E-state index is -0.747. The first-order valence-electron chi connectivity index (χ1n) is 8.31. The van der Waals surface area contributed by atoms with Gasteiger partial charge in [-0.1, -0.05) is 68.4 Å². The summed E-state index contributed by atoms with van der Waals surface area (Å²) in [5, 5.41) is 18.5. The molecule has 0 aliphatic rings. The number of ether oxygens (including phenoxy) is 1. The Bertz CT molecular complexity index is 778. The van der Waals surface area contributed by atoms with Crippen molar-refractivity contribution < 1.29 is 9.84 Å². The fraction of sp³-hybridized carbons (Fsp3) is 0.300. The third kappa shape index (κ3) is 4.06. The van der Waals surface area contributed by atoms with Crippen molar-refractivity contribution in [2.24, 2.45) is 5.41 Å². The van der Waals surface area contributed by atoms with Gasteiger partial charge in [-0.05, 0) is 28.7 Å². The van der Waals surface area contributed by atoms with Gasteiger partial charge in [0, 0.05) is 6.20 Å². The number of hydrogen-bond donors (Lipinski definition) is 1. The molecule has 0 bridgehead atoms. The molecular formula is C20H23N3O2. The first-order chi connectivity index (χ1) is 11.9. The fourth-order valence-corrected chi connectivity index (χ4v) is 2.54. The molecule has 0 aliphatic heterocycles. The molecule has 0 spiro atoms. The highest BCUT2D eigenvalue weighted by Gasteiger charge is 2.34. The van der Waals surface area contributed by atoms with Crippen LogP contribution < -0.4 is 4.74 Å². The molecule has 2 aromatic carbocycles. The highest BCUT2D eigenvalue weighted by molar-refractivity contribution is 5.63. The third-order valence-corrected chi connectivity index (χ3v) is 4.08. The van der Waals surface area contributed by atoms with E-state index in [2.05, 4.69) is 22.4 Å². The van der Waals surface area contributed by atoms with Crippen molar-refractivity contribution in [3.05, 3.63) is 67.0 Å². The zero-order chi connectivity index (χ0) is 17.9. The third-order valence-electron chi connectivity index (χ3n) is 4.08. The van der Waals surface area contributed by atoms with Gasteiger partial charge < -0.3 is 9.84 Å². The van der Waals surface area contributed by atoms with Crippen molar-refractivity contribution in [2.75, 3.05) is 0 Å². The number of nitrogens with zero attached hydrogens (tertiary/aromatic N) is 3. The van der Waals surface area contributed by atoms with Crippen LogP contribution in [0, 0.1) is 5.41 Å². The van der Waals surface area contributed by atoms with Gasteiger partial charge in [0.2, 0.25) is 6.23 Å². The number of aliphatic hydroxyl groups is 1. The second-order valence-electron chi connectivity index (χ2n) is 7.09. The minimum Gasteiger partial charge on any atom is -0.466 e. The Morgan fingerprint density at radius 2 is 1.60 bits per heavy atom. The summed E-state index contributed by atoms with van der Waals surface area (Å²) in [5.41, 5.74) is 1.90. The second kappa shape index (κ2) is 7.07. The summed E-state index contributed by atoms with van der Waals surface area (Å²) in [5.74, 6) is 0.670. The van der Waals surface area contributed by atoms with Crippen molar-refractivity contribution in [3.63, 3.8) is 0 Å². The molecule has 5 heteroatoms. The molecule has 0 fully saturated rings. The second-order valence-corrected chi connectivity index (χ2v) is 7.09. The molecule has 3 aromatic rings. The van der Waals surface area contributed by atoms with Gasteiger partial charge in [-0.15, -0.1) is 5.10 Å². The summed E-state index contributed by atoms with van der Waals surface area (Å²) in [7, 11) is 0. The molecule has 25 heavy (non-hydrogen) atoms. The van der Waals surface area contributed by atoms with Crippen LogP contribution >= 0.6 is 0 Å². The van der Waals surface area contributed by atoms with Crippen molar-refractivity contribution >= 4 is 0 Å². The van der Waals surface area contributed by atoms with E-state index in [0.29, 0.717) is 5.75 Å². The van der Waals surface area contributed by atoms with Gasteiger partial charge in [-0.3, -0.25) is 0 Å². The normalized spacial score (nSPS) is 14.1. The molecule has 2 atom stereocenters. The first-order valence-corrected chi connectivity index (χ1v) is 8.31. The molecule has 5 nitrogen and oxygen atoms in total. The molecule has 0 radical (unpaired) electrons. The molecule has 1 aromatic heterocycles. The maximum Gasteiger partial charge on any atom is 0.219 e.